The number of benzene rings is 3. The highest BCUT2D eigenvalue weighted by Crippen LogP contribution is 2.31. The highest BCUT2D eigenvalue weighted by atomic mass is 16.2. The third-order valence-corrected chi connectivity index (χ3v) is 7.25. The number of imide groups is 1. The molecule has 1 N–H and O–H groups in total. The van der Waals surface area contributed by atoms with Gasteiger partial charge >= 0.3 is 6.03 Å². The van der Waals surface area contributed by atoms with E-state index in [-0.39, 0.29) is 18.0 Å². The lowest BCUT2D eigenvalue weighted by atomic mass is 9.91. The van der Waals surface area contributed by atoms with Crippen LogP contribution in [0.1, 0.15) is 35.2 Å². The predicted molar refractivity (Wildman–Crippen MR) is 137 cm³/mol. The van der Waals surface area contributed by atoms with E-state index in [1.807, 2.05) is 43.3 Å². The molecule has 0 bridgehead atoms. The van der Waals surface area contributed by atoms with Crippen molar-refractivity contribution in [3.8, 4) is 0 Å². The van der Waals surface area contributed by atoms with E-state index in [0.29, 0.717) is 6.67 Å². The van der Waals surface area contributed by atoms with E-state index in [1.54, 1.807) is 6.92 Å². The first-order chi connectivity index (χ1) is 17.0. The van der Waals surface area contributed by atoms with Gasteiger partial charge in [0.25, 0.3) is 5.91 Å². The maximum atomic E-state index is 13.3. The van der Waals surface area contributed by atoms with E-state index in [1.165, 1.54) is 16.0 Å². The minimum absolute atomic E-state index is 0.182. The number of nitrogens with one attached hydrogen (secondary N) is 1. The maximum absolute atomic E-state index is 13.3. The molecular formula is C29H32N4O2. The molecule has 3 amide bonds. The summed E-state index contributed by atoms with van der Waals surface area (Å²) >= 11 is 0. The van der Waals surface area contributed by atoms with E-state index in [2.05, 4.69) is 63.6 Å². The molecule has 6 heteroatoms. The van der Waals surface area contributed by atoms with Crippen LogP contribution in [0.3, 0.4) is 0 Å². The first-order valence-corrected chi connectivity index (χ1v) is 12.2. The lowest BCUT2D eigenvalue weighted by molar-refractivity contribution is -0.132. The summed E-state index contributed by atoms with van der Waals surface area (Å²) in [6, 6.07) is 28.8. The van der Waals surface area contributed by atoms with Gasteiger partial charge in [0.1, 0.15) is 5.54 Å². The Morgan fingerprint density at radius 3 is 1.89 bits per heavy atom. The standard InChI is InChI=1S/C29H32N4O2/c1-22-13-15-25(16-14-22)29(2)27(34)33(28(35)30-29)21-31-17-19-32(20-18-31)26(23-9-5-3-6-10-23)24-11-7-4-8-12-24/h3-16,26H,17-21H2,1-2H3,(H,30,35). The Bertz CT molecular complexity index is 1130. The summed E-state index contributed by atoms with van der Waals surface area (Å²) in [5, 5.41) is 2.93. The van der Waals surface area contributed by atoms with Gasteiger partial charge in [0.2, 0.25) is 0 Å². The van der Waals surface area contributed by atoms with Gasteiger partial charge in [-0.3, -0.25) is 14.6 Å². The second kappa shape index (κ2) is 9.64. The molecular weight excluding hydrogens is 436 g/mol. The van der Waals surface area contributed by atoms with Crippen LogP contribution in [0.2, 0.25) is 0 Å². The zero-order valence-corrected chi connectivity index (χ0v) is 20.4. The van der Waals surface area contributed by atoms with Gasteiger partial charge in [-0.2, -0.15) is 0 Å². The molecule has 2 aliphatic heterocycles. The number of aryl methyl sites for hydroxylation is 1. The Balaban J connectivity index is 1.27. The van der Waals surface area contributed by atoms with Crippen molar-refractivity contribution in [3.05, 3.63) is 107 Å². The Morgan fingerprint density at radius 2 is 1.34 bits per heavy atom. The lowest BCUT2D eigenvalue weighted by Crippen LogP contribution is -2.52. The molecule has 0 radical (unpaired) electrons. The molecule has 1 atom stereocenters. The summed E-state index contributed by atoms with van der Waals surface area (Å²) in [5.74, 6) is -0.194. The molecule has 6 nitrogen and oxygen atoms in total. The molecule has 0 saturated carbocycles. The van der Waals surface area contributed by atoms with Gasteiger partial charge in [-0.15, -0.1) is 0 Å². The average Bonchev–Trinajstić information content (AvgIpc) is 3.10. The van der Waals surface area contributed by atoms with Gasteiger partial charge in [-0.05, 0) is 30.5 Å². The van der Waals surface area contributed by atoms with Gasteiger partial charge in [-0.25, -0.2) is 9.69 Å². The molecule has 3 aromatic rings. The third kappa shape index (κ3) is 4.59. The summed E-state index contributed by atoms with van der Waals surface area (Å²) in [6.45, 7) is 7.39. The fraction of sp³-hybridized carbons (Fsp3) is 0.310. The van der Waals surface area contributed by atoms with Crippen LogP contribution in [0.4, 0.5) is 4.79 Å². The zero-order chi connectivity index (χ0) is 24.4. The topological polar surface area (TPSA) is 55.9 Å². The van der Waals surface area contributed by atoms with Crippen LogP contribution < -0.4 is 5.32 Å². The second-order valence-electron chi connectivity index (χ2n) is 9.67. The van der Waals surface area contributed by atoms with Gasteiger partial charge in [0, 0.05) is 26.2 Å². The van der Waals surface area contributed by atoms with Gasteiger partial charge in [0.15, 0.2) is 0 Å². The summed E-state index contributed by atoms with van der Waals surface area (Å²) in [4.78, 5) is 32.2. The fourth-order valence-electron chi connectivity index (χ4n) is 5.16. The maximum Gasteiger partial charge on any atom is 0.326 e. The normalized spacial score (nSPS) is 21.5. The molecule has 180 valence electrons. The lowest BCUT2D eigenvalue weighted by Gasteiger charge is -2.40. The number of nitrogens with zero attached hydrogens (tertiary/aromatic N) is 3. The number of amides is 3. The Labute approximate surface area is 207 Å². The van der Waals surface area contributed by atoms with Crippen molar-refractivity contribution in [1.29, 1.82) is 0 Å². The summed E-state index contributed by atoms with van der Waals surface area (Å²) in [6.07, 6.45) is 0. The highest BCUT2D eigenvalue weighted by molar-refractivity contribution is 6.07. The van der Waals surface area contributed by atoms with E-state index in [0.717, 1.165) is 37.3 Å². The molecule has 35 heavy (non-hydrogen) atoms. The smallest absolute Gasteiger partial charge is 0.319 e. The summed E-state index contributed by atoms with van der Waals surface area (Å²) in [5.41, 5.74) is 3.44. The number of piperazine rings is 1. The Hall–Kier alpha value is -3.48. The van der Waals surface area contributed by atoms with Crippen LogP contribution in [0.5, 0.6) is 0 Å². The van der Waals surface area contributed by atoms with E-state index >= 15 is 0 Å². The van der Waals surface area contributed by atoms with E-state index in [9.17, 15) is 9.59 Å². The molecule has 3 aromatic carbocycles. The van der Waals surface area contributed by atoms with Crippen molar-refractivity contribution < 1.29 is 9.59 Å². The van der Waals surface area contributed by atoms with Crippen molar-refractivity contribution >= 4 is 11.9 Å². The van der Waals surface area contributed by atoms with Crippen LogP contribution in [0.25, 0.3) is 0 Å². The van der Waals surface area contributed by atoms with Crippen molar-refractivity contribution in [2.45, 2.75) is 25.4 Å². The molecule has 2 aliphatic rings. The highest BCUT2D eigenvalue weighted by Gasteiger charge is 2.49. The van der Waals surface area contributed by atoms with Crippen LogP contribution in [0.15, 0.2) is 84.9 Å². The zero-order valence-electron chi connectivity index (χ0n) is 20.4. The van der Waals surface area contributed by atoms with Gasteiger partial charge in [0.05, 0.1) is 12.7 Å². The van der Waals surface area contributed by atoms with Crippen molar-refractivity contribution in [2.24, 2.45) is 0 Å². The summed E-state index contributed by atoms with van der Waals surface area (Å²) in [7, 11) is 0. The molecule has 0 spiro atoms. The molecule has 1 unspecified atom stereocenters. The second-order valence-corrected chi connectivity index (χ2v) is 9.67. The van der Waals surface area contributed by atoms with Crippen molar-refractivity contribution in [1.82, 2.24) is 20.0 Å². The average molecular weight is 469 g/mol. The SMILES string of the molecule is Cc1ccc(C2(C)NC(=O)N(CN3CCN(C(c4ccccc4)c4ccccc4)CC3)C2=O)cc1. The molecule has 5 rings (SSSR count). The molecule has 2 saturated heterocycles. The van der Waals surface area contributed by atoms with Crippen LogP contribution >= 0.6 is 0 Å². The quantitative estimate of drug-likeness (QED) is 0.553. The van der Waals surface area contributed by atoms with Crippen molar-refractivity contribution in [2.75, 3.05) is 32.8 Å². The first-order valence-electron chi connectivity index (χ1n) is 12.2. The van der Waals surface area contributed by atoms with Crippen molar-refractivity contribution in [3.63, 3.8) is 0 Å². The van der Waals surface area contributed by atoms with Gasteiger partial charge < -0.3 is 5.32 Å². The van der Waals surface area contributed by atoms with Crippen LogP contribution in [-0.4, -0.2) is 59.5 Å². The summed E-state index contributed by atoms with van der Waals surface area (Å²) < 4.78 is 0. The number of hydrogen-bond acceptors (Lipinski definition) is 4. The minimum Gasteiger partial charge on any atom is -0.319 e. The number of hydrogen-bond donors (Lipinski definition) is 1. The molecule has 2 heterocycles. The molecule has 0 aliphatic carbocycles. The molecule has 0 aromatic heterocycles. The van der Waals surface area contributed by atoms with Gasteiger partial charge in [-0.1, -0.05) is 90.5 Å². The number of carbonyl (C=O) groups is 2. The predicted octanol–water partition coefficient (Wildman–Crippen LogP) is 4.13. The monoisotopic (exact) mass is 468 g/mol. The Kier molecular flexibility index (Phi) is 6.41. The first kappa shape index (κ1) is 23.3. The molecule has 2 fully saturated rings. The number of urea groups is 1. The van der Waals surface area contributed by atoms with E-state index in [4.69, 9.17) is 0 Å². The number of carbonyl (C=O) groups excluding carboxylic acids is 2. The van der Waals surface area contributed by atoms with Crippen LogP contribution in [0, 0.1) is 6.92 Å². The number of rotatable bonds is 6. The largest absolute Gasteiger partial charge is 0.326 e. The van der Waals surface area contributed by atoms with Crippen LogP contribution in [-0.2, 0) is 10.3 Å². The van der Waals surface area contributed by atoms with E-state index < -0.39 is 5.54 Å². The minimum atomic E-state index is -1.03. The fourth-order valence-corrected chi connectivity index (χ4v) is 5.16. The Morgan fingerprint density at radius 1 is 0.800 bits per heavy atom. The third-order valence-electron chi connectivity index (χ3n) is 7.25.